The van der Waals surface area contributed by atoms with Crippen LogP contribution in [0.25, 0.3) is 0 Å². The highest BCUT2D eigenvalue weighted by atomic mass is 16.1. The van der Waals surface area contributed by atoms with Crippen LogP contribution in [0.15, 0.2) is 9.98 Å². The molecule has 0 aromatic heterocycles. The van der Waals surface area contributed by atoms with Crippen LogP contribution in [0.2, 0.25) is 0 Å². The Morgan fingerprint density at radius 3 is 2.56 bits per heavy atom. The van der Waals surface area contributed by atoms with E-state index in [9.17, 15) is 4.79 Å². The molecule has 0 radical (unpaired) electrons. The normalized spacial score (nSPS) is 18.9. The first-order valence-corrected chi connectivity index (χ1v) is 2.37. The van der Waals surface area contributed by atoms with Gasteiger partial charge in [0.15, 0.2) is 5.84 Å². The molecule has 0 aromatic rings. The molecular formula is C4H6N4O. The van der Waals surface area contributed by atoms with E-state index in [4.69, 9.17) is 11.5 Å². The summed E-state index contributed by atoms with van der Waals surface area (Å²) in [6.07, 6.45) is 0. The van der Waals surface area contributed by atoms with E-state index in [1.54, 1.807) is 0 Å². The van der Waals surface area contributed by atoms with Gasteiger partial charge in [-0.15, -0.1) is 0 Å². The second kappa shape index (κ2) is 1.85. The van der Waals surface area contributed by atoms with Crippen LogP contribution in [-0.4, -0.2) is 24.1 Å². The predicted molar refractivity (Wildman–Crippen MR) is 33.1 cm³/mol. The minimum atomic E-state index is -0.274. The first kappa shape index (κ1) is 5.74. The Kier molecular flexibility index (Phi) is 1.18. The molecule has 0 amide bonds. The summed E-state index contributed by atoms with van der Waals surface area (Å²) in [7, 11) is 0. The first-order chi connectivity index (χ1) is 4.20. The molecule has 48 valence electrons. The van der Waals surface area contributed by atoms with Crippen LogP contribution in [0.1, 0.15) is 0 Å². The number of nitrogens with zero attached hydrogens (tertiary/aromatic N) is 2. The summed E-state index contributed by atoms with van der Waals surface area (Å²) in [5.41, 5.74) is 10.2. The van der Waals surface area contributed by atoms with Crippen molar-refractivity contribution in [2.24, 2.45) is 21.5 Å². The largest absolute Gasteiger partial charge is 0.381 e. The van der Waals surface area contributed by atoms with Gasteiger partial charge >= 0.3 is 0 Å². The van der Waals surface area contributed by atoms with E-state index >= 15 is 0 Å². The Hall–Kier alpha value is -1.39. The molecule has 0 bridgehead atoms. The molecule has 1 heterocycles. The summed E-state index contributed by atoms with van der Waals surface area (Å²) in [6.45, 7) is 0.0289. The van der Waals surface area contributed by atoms with Crippen molar-refractivity contribution < 1.29 is 4.79 Å². The minimum absolute atomic E-state index is 0.0289. The summed E-state index contributed by atoms with van der Waals surface area (Å²) in [6, 6.07) is 0. The lowest BCUT2D eigenvalue weighted by Gasteiger charge is -2.01. The third-order valence-corrected chi connectivity index (χ3v) is 0.905. The van der Waals surface area contributed by atoms with Gasteiger partial charge in [-0.1, -0.05) is 0 Å². The zero-order valence-electron chi connectivity index (χ0n) is 4.66. The van der Waals surface area contributed by atoms with Gasteiger partial charge in [0.2, 0.25) is 11.7 Å². The maximum Gasteiger partial charge on any atom is 0.219 e. The van der Waals surface area contributed by atoms with Gasteiger partial charge < -0.3 is 11.5 Å². The van der Waals surface area contributed by atoms with Crippen molar-refractivity contribution in [3.05, 3.63) is 0 Å². The van der Waals surface area contributed by atoms with Crippen molar-refractivity contribution in [1.29, 1.82) is 0 Å². The number of rotatable bonds is 0. The summed E-state index contributed by atoms with van der Waals surface area (Å²) in [5.74, 6) is -0.251. The van der Waals surface area contributed by atoms with E-state index in [2.05, 4.69) is 9.98 Å². The number of amidine groups is 1. The van der Waals surface area contributed by atoms with Gasteiger partial charge in [-0.25, -0.2) is 4.99 Å². The quantitative estimate of drug-likeness (QED) is 0.402. The summed E-state index contributed by atoms with van der Waals surface area (Å²) < 4.78 is 0. The number of hydrogen-bond donors (Lipinski definition) is 2. The number of Topliss-reactive ketones (excluding diaryl/α,β-unsaturated/α-hetero) is 1. The Bertz CT molecular complexity index is 205. The fourth-order valence-corrected chi connectivity index (χ4v) is 0.455. The van der Waals surface area contributed by atoms with Crippen molar-refractivity contribution in [3.8, 4) is 0 Å². The molecule has 0 atom stereocenters. The lowest BCUT2D eigenvalue weighted by Crippen LogP contribution is -2.33. The third-order valence-electron chi connectivity index (χ3n) is 0.905. The van der Waals surface area contributed by atoms with Crippen LogP contribution in [0, 0.1) is 0 Å². The van der Waals surface area contributed by atoms with Crippen LogP contribution in [0.3, 0.4) is 0 Å². The van der Waals surface area contributed by atoms with Crippen LogP contribution in [0.4, 0.5) is 0 Å². The van der Waals surface area contributed by atoms with E-state index in [-0.39, 0.29) is 24.1 Å². The molecule has 1 rings (SSSR count). The van der Waals surface area contributed by atoms with Gasteiger partial charge in [-0.3, -0.25) is 4.79 Å². The Morgan fingerprint density at radius 1 is 1.44 bits per heavy atom. The predicted octanol–water partition coefficient (Wildman–Crippen LogP) is -1.76. The molecule has 1 aliphatic heterocycles. The van der Waals surface area contributed by atoms with Gasteiger partial charge in [0.05, 0.1) is 0 Å². The van der Waals surface area contributed by atoms with Crippen molar-refractivity contribution in [2.45, 2.75) is 0 Å². The number of ketones is 1. The van der Waals surface area contributed by atoms with Gasteiger partial charge in [-0.05, 0) is 0 Å². The molecule has 0 saturated carbocycles. The molecule has 0 spiro atoms. The molecule has 5 nitrogen and oxygen atoms in total. The number of guanidine groups is 1. The fraction of sp³-hybridized carbons (Fsp3) is 0.250. The summed E-state index contributed by atoms with van der Waals surface area (Å²) >= 11 is 0. The monoisotopic (exact) mass is 126 g/mol. The van der Waals surface area contributed by atoms with Crippen molar-refractivity contribution in [2.75, 3.05) is 6.54 Å². The van der Waals surface area contributed by atoms with Crippen LogP contribution in [-0.2, 0) is 4.79 Å². The van der Waals surface area contributed by atoms with Gasteiger partial charge in [0.1, 0.15) is 6.54 Å². The summed E-state index contributed by atoms with van der Waals surface area (Å²) in [4.78, 5) is 17.5. The average Bonchev–Trinajstić information content (AvgIpc) is 1.80. The molecule has 0 saturated heterocycles. The molecule has 1 aliphatic rings. The van der Waals surface area contributed by atoms with E-state index in [1.807, 2.05) is 0 Å². The Morgan fingerprint density at radius 2 is 2.11 bits per heavy atom. The maximum absolute atomic E-state index is 10.5. The second-order valence-electron chi connectivity index (χ2n) is 1.59. The van der Waals surface area contributed by atoms with Crippen molar-refractivity contribution >= 4 is 17.6 Å². The SMILES string of the molecule is NC1=NCC(=O)C(N)=N1. The topological polar surface area (TPSA) is 93.8 Å². The second-order valence-corrected chi connectivity index (χ2v) is 1.59. The average molecular weight is 126 g/mol. The zero-order chi connectivity index (χ0) is 6.85. The number of carbonyl (C=O) groups excluding carboxylic acids is 1. The van der Waals surface area contributed by atoms with E-state index in [1.165, 1.54) is 0 Å². The van der Waals surface area contributed by atoms with Crippen LogP contribution >= 0.6 is 0 Å². The highest BCUT2D eigenvalue weighted by molar-refractivity contribution is 6.41. The lowest BCUT2D eigenvalue weighted by molar-refractivity contribution is -0.111. The van der Waals surface area contributed by atoms with Crippen LogP contribution < -0.4 is 11.5 Å². The molecule has 0 aromatic carbocycles. The molecular weight excluding hydrogens is 120 g/mol. The minimum Gasteiger partial charge on any atom is -0.381 e. The number of aliphatic imine (C=N–C) groups is 2. The molecule has 0 aliphatic carbocycles. The number of carbonyl (C=O) groups is 1. The van der Waals surface area contributed by atoms with Gasteiger partial charge in [-0.2, -0.15) is 4.99 Å². The lowest BCUT2D eigenvalue weighted by atomic mass is 10.3. The van der Waals surface area contributed by atoms with Crippen molar-refractivity contribution in [3.63, 3.8) is 0 Å². The van der Waals surface area contributed by atoms with Gasteiger partial charge in [0.25, 0.3) is 0 Å². The number of nitrogens with two attached hydrogens (primary N) is 2. The van der Waals surface area contributed by atoms with E-state index < -0.39 is 0 Å². The van der Waals surface area contributed by atoms with Gasteiger partial charge in [0, 0.05) is 0 Å². The fourth-order valence-electron chi connectivity index (χ4n) is 0.455. The van der Waals surface area contributed by atoms with E-state index in [0.717, 1.165) is 0 Å². The molecule has 9 heavy (non-hydrogen) atoms. The maximum atomic E-state index is 10.5. The standard InChI is InChI=1S/C4H6N4O/c5-3-2(9)1-7-4(6)8-3/h1H2,(H4,5,6,7,8). The highest BCUT2D eigenvalue weighted by Gasteiger charge is 2.10. The zero-order valence-corrected chi connectivity index (χ0v) is 4.66. The highest BCUT2D eigenvalue weighted by Crippen LogP contribution is 1.86. The Labute approximate surface area is 51.5 Å². The van der Waals surface area contributed by atoms with Crippen LogP contribution in [0.5, 0.6) is 0 Å². The van der Waals surface area contributed by atoms with E-state index in [0.29, 0.717) is 0 Å². The Balaban J connectivity index is 2.87. The first-order valence-electron chi connectivity index (χ1n) is 2.37. The summed E-state index contributed by atoms with van der Waals surface area (Å²) in [5, 5.41) is 0. The third kappa shape index (κ3) is 1.04. The van der Waals surface area contributed by atoms with Crippen molar-refractivity contribution in [1.82, 2.24) is 0 Å². The number of hydrogen-bond acceptors (Lipinski definition) is 5. The molecule has 0 fully saturated rings. The molecule has 4 N–H and O–H groups in total. The molecule has 5 heteroatoms. The smallest absolute Gasteiger partial charge is 0.219 e. The molecule has 0 unspecified atom stereocenters.